The Kier molecular flexibility index (Phi) is 3.29. The third-order valence-electron chi connectivity index (χ3n) is 6.01. The van der Waals surface area contributed by atoms with Crippen LogP contribution < -0.4 is 20.7 Å². The highest BCUT2D eigenvalue weighted by molar-refractivity contribution is 9.10. The zero-order valence-corrected chi connectivity index (χ0v) is 18.5. The second-order valence-corrected chi connectivity index (χ2v) is 12.7. The Bertz CT molecular complexity index is 1160. The largest absolute Gasteiger partial charge is 0.182 e. The molecule has 2 aliphatic rings. The van der Waals surface area contributed by atoms with E-state index in [1.54, 1.807) is 0 Å². The molecule has 4 aromatic rings. The Morgan fingerprint density at radius 3 is 1.33 bits per heavy atom. The van der Waals surface area contributed by atoms with Crippen molar-refractivity contribution in [3.05, 3.63) is 93.9 Å². The Labute approximate surface area is 176 Å². The third kappa shape index (κ3) is 1.92. The highest BCUT2D eigenvalue weighted by Gasteiger charge is 2.53. The first kappa shape index (κ1) is 16.1. The SMILES string of the molecule is Brc1ccc2c(c1)[Si]1(c3ccccc3-c3ccccc31)c1cc(Br)ccc1-2. The van der Waals surface area contributed by atoms with E-state index in [2.05, 4.69) is 117 Å². The summed E-state index contributed by atoms with van der Waals surface area (Å²) in [6, 6.07) is 31.7. The van der Waals surface area contributed by atoms with Gasteiger partial charge in [-0.05, 0) is 67.3 Å². The third-order valence-corrected chi connectivity index (χ3v) is 11.9. The van der Waals surface area contributed by atoms with Crippen LogP contribution in [0.2, 0.25) is 0 Å². The molecule has 0 N–H and O–H groups in total. The molecule has 27 heavy (non-hydrogen) atoms. The van der Waals surface area contributed by atoms with Crippen LogP contribution in [0.4, 0.5) is 0 Å². The molecule has 0 bridgehead atoms. The molecule has 0 saturated heterocycles. The van der Waals surface area contributed by atoms with Crippen molar-refractivity contribution in [2.75, 3.05) is 0 Å². The van der Waals surface area contributed by atoms with Crippen molar-refractivity contribution in [1.82, 2.24) is 0 Å². The molecule has 2 aliphatic heterocycles. The minimum Gasteiger partial charge on any atom is -0.0623 e. The van der Waals surface area contributed by atoms with Crippen LogP contribution in [0.3, 0.4) is 0 Å². The van der Waals surface area contributed by atoms with Crippen LogP contribution in [-0.2, 0) is 0 Å². The van der Waals surface area contributed by atoms with Gasteiger partial charge in [0, 0.05) is 8.95 Å². The predicted molar refractivity (Wildman–Crippen MR) is 123 cm³/mol. The summed E-state index contributed by atoms with van der Waals surface area (Å²) in [5.41, 5.74) is 5.58. The van der Waals surface area contributed by atoms with Gasteiger partial charge < -0.3 is 0 Å². The van der Waals surface area contributed by atoms with Crippen LogP contribution in [0.25, 0.3) is 22.3 Å². The Balaban J connectivity index is 1.88. The van der Waals surface area contributed by atoms with E-state index in [0.717, 1.165) is 8.95 Å². The fourth-order valence-electron chi connectivity index (χ4n) is 5.08. The Hall–Kier alpha value is -1.94. The van der Waals surface area contributed by atoms with Gasteiger partial charge in [0.25, 0.3) is 0 Å². The zero-order chi connectivity index (χ0) is 18.2. The topological polar surface area (TPSA) is 0 Å². The standard InChI is InChI=1S/C24H14Br2Si/c25-15-9-11-19-20-12-10-16(26)14-24(20)27(23(19)13-15)21-7-3-1-5-17(21)18-6-2-4-8-22(18)27/h1-14H. The van der Waals surface area contributed by atoms with E-state index in [-0.39, 0.29) is 0 Å². The van der Waals surface area contributed by atoms with Crippen LogP contribution in [0.5, 0.6) is 0 Å². The molecule has 0 saturated carbocycles. The van der Waals surface area contributed by atoms with E-state index < -0.39 is 8.07 Å². The molecule has 0 amide bonds. The Morgan fingerprint density at radius 1 is 0.444 bits per heavy atom. The van der Waals surface area contributed by atoms with E-state index in [0.29, 0.717) is 0 Å². The van der Waals surface area contributed by atoms with Gasteiger partial charge in [0.05, 0.1) is 0 Å². The van der Waals surface area contributed by atoms with E-state index in [9.17, 15) is 0 Å². The maximum Gasteiger partial charge on any atom is 0.182 e. The van der Waals surface area contributed by atoms with E-state index in [1.165, 1.54) is 43.0 Å². The summed E-state index contributed by atoms with van der Waals surface area (Å²) >= 11 is 7.49. The van der Waals surface area contributed by atoms with E-state index in [1.807, 2.05) is 0 Å². The first-order chi connectivity index (χ1) is 13.2. The van der Waals surface area contributed by atoms with Crippen LogP contribution in [0, 0.1) is 0 Å². The monoisotopic (exact) mass is 488 g/mol. The molecule has 0 aromatic heterocycles. The average molecular weight is 490 g/mol. The maximum atomic E-state index is 3.75. The highest BCUT2D eigenvalue weighted by atomic mass is 79.9. The molecule has 3 heteroatoms. The highest BCUT2D eigenvalue weighted by Crippen LogP contribution is 2.37. The van der Waals surface area contributed by atoms with E-state index >= 15 is 0 Å². The van der Waals surface area contributed by atoms with Gasteiger partial charge in [-0.3, -0.25) is 0 Å². The molecule has 2 heterocycles. The summed E-state index contributed by atoms with van der Waals surface area (Å²) in [5, 5.41) is 6.04. The van der Waals surface area contributed by atoms with Crippen molar-refractivity contribution in [3.8, 4) is 22.3 Å². The van der Waals surface area contributed by atoms with Crippen LogP contribution >= 0.6 is 31.9 Å². The first-order valence-electron chi connectivity index (χ1n) is 9.01. The van der Waals surface area contributed by atoms with Gasteiger partial charge in [0.2, 0.25) is 0 Å². The molecule has 6 rings (SSSR count). The molecule has 4 aromatic carbocycles. The number of fused-ring (bicyclic) bond motifs is 10. The zero-order valence-electron chi connectivity index (χ0n) is 14.3. The second-order valence-electron chi connectivity index (χ2n) is 7.22. The average Bonchev–Trinajstić information content (AvgIpc) is 3.14. The molecule has 0 atom stereocenters. The van der Waals surface area contributed by atoms with Crippen molar-refractivity contribution in [1.29, 1.82) is 0 Å². The van der Waals surface area contributed by atoms with Gasteiger partial charge >= 0.3 is 0 Å². The summed E-state index contributed by atoms with van der Waals surface area (Å²) in [7, 11) is -2.27. The lowest BCUT2D eigenvalue weighted by atomic mass is 10.1. The molecule has 0 fully saturated rings. The van der Waals surface area contributed by atoms with Gasteiger partial charge in [-0.2, -0.15) is 0 Å². The van der Waals surface area contributed by atoms with E-state index in [4.69, 9.17) is 0 Å². The number of rotatable bonds is 0. The van der Waals surface area contributed by atoms with Gasteiger partial charge in [-0.15, -0.1) is 0 Å². The van der Waals surface area contributed by atoms with Crippen LogP contribution in [-0.4, -0.2) is 8.07 Å². The smallest absolute Gasteiger partial charge is 0.0623 e. The van der Waals surface area contributed by atoms with Crippen molar-refractivity contribution in [3.63, 3.8) is 0 Å². The van der Waals surface area contributed by atoms with Crippen molar-refractivity contribution in [2.45, 2.75) is 0 Å². The van der Waals surface area contributed by atoms with Gasteiger partial charge in [0.1, 0.15) is 0 Å². The number of benzene rings is 4. The minimum atomic E-state index is -2.27. The fraction of sp³-hybridized carbons (Fsp3) is 0. The molecule has 128 valence electrons. The minimum absolute atomic E-state index is 1.15. The molecule has 0 aliphatic carbocycles. The number of hydrogen-bond acceptors (Lipinski definition) is 0. The molecule has 1 spiro atoms. The molecule has 0 nitrogen and oxygen atoms in total. The maximum absolute atomic E-state index is 3.75. The lowest BCUT2D eigenvalue weighted by molar-refractivity contribution is 1.65. The molecule has 0 radical (unpaired) electrons. The van der Waals surface area contributed by atoms with Gasteiger partial charge in [-0.1, -0.05) is 92.5 Å². The summed E-state index contributed by atoms with van der Waals surface area (Å²) < 4.78 is 2.31. The summed E-state index contributed by atoms with van der Waals surface area (Å²) in [4.78, 5) is 0. The quantitative estimate of drug-likeness (QED) is 0.274. The van der Waals surface area contributed by atoms with Crippen molar-refractivity contribution < 1.29 is 0 Å². The number of hydrogen-bond donors (Lipinski definition) is 0. The summed E-state index contributed by atoms with van der Waals surface area (Å²) in [5.74, 6) is 0. The molecular weight excluding hydrogens is 476 g/mol. The predicted octanol–water partition coefficient (Wildman–Crippen LogP) is 4.55. The fourth-order valence-corrected chi connectivity index (χ4v) is 11.9. The summed E-state index contributed by atoms with van der Waals surface area (Å²) in [6.45, 7) is 0. The second kappa shape index (κ2) is 5.54. The normalized spacial score (nSPS) is 14.6. The number of halogens is 2. The lowest BCUT2D eigenvalue weighted by Crippen LogP contribution is -2.70. The van der Waals surface area contributed by atoms with Gasteiger partial charge in [0.15, 0.2) is 8.07 Å². The molecule has 0 unspecified atom stereocenters. The first-order valence-corrected chi connectivity index (χ1v) is 12.6. The summed E-state index contributed by atoms with van der Waals surface area (Å²) in [6.07, 6.45) is 0. The lowest BCUT2D eigenvalue weighted by Gasteiger charge is -2.27. The molecular formula is C24H14Br2Si. The van der Waals surface area contributed by atoms with Crippen molar-refractivity contribution >= 4 is 60.7 Å². The van der Waals surface area contributed by atoms with Crippen LogP contribution in [0.15, 0.2) is 93.9 Å². The van der Waals surface area contributed by atoms with Crippen molar-refractivity contribution in [2.24, 2.45) is 0 Å². The Morgan fingerprint density at radius 2 is 0.852 bits per heavy atom. The van der Waals surface area contributed by atoms with Crippen LogP contribution in [0.1, 0.15) is 0 Å². The van der Waals surface area contributed by atoms with Gasteiger partial charge in [-0.25, -0.2) is 0 Å².